The highest BCUT2D eigenvalue weighted by Crippen LogP contribution is 2.34. The number of carbonyl (C=O) groups excluding carboxylic acids is 1. The first-order valence-electron chi connectivity index (χ1n) is 9.40. The summed E-state index contributed by atoms with van der Waals surface area (Å²) in [5.74, 6) is 0.570. The fourth-order valence-electron chi connectivity index (χ4n) is 4.12. The molecule has 0 spiro atoms. The van der Waals surface area contributed by atoms with Crippen LogP contribution in [0.1, 0.15) is 12.0 Å². The van der Waals surface area contributed by atoms with Crippen LogP contribution in [-0.4, -0.2) is 64.3 Å². The molecule has 28 heavy (non-hydrogen) atoms. The van der Waals surface area contributed by atoms with Gasteiger partial charge in [0.1, 0.15) is 5.69 Å². The lowest BCUT2D eigenvalue weighted by atomic mass is 10.0. The van der Waals surface area contributed by atoms with Crippen LogP contribution >= 0.6 is 0 Å². The molecular formula is C20H22N6O2. The number of H-pyrrole nitrogens is 1. The SMILES string of the molecule is COc1ccc(-c2n[nH]c3cc4c(cc23)CN([C@H]2CCN(C)C2)C(=O)N4)cn1. The first-order valence-corrected chi connectivity index (χ1v) is 9.40. The fourth-order valence-corrected chi connectivity index (χ4v) is 4.12. The van der Waals surface area contributed by atoms with Crippen LogP contribution < -0.4 is 10.1 Å². The number of hydrogen-bond donors (Lipinski definition) is 2. The van der Waals surface area contributed by atoms with Gasteiger partial charge in [-0.1, -0.05) is 0 Å². The van der Waals surface area contributed by atoms with E-state index < -0.39 is 0 Å². The van der Waals surface area contributed by atoms with Gasteiger partial charge in [0.25, 0.3) is 0 Å². The van der Waals surface area contributed by atoms with Gasteiger partial charge in [0.2, 0.25) is 5.88 Å². The number of hydrogen-bond acceptors (Lipinski definition) is 5. The molecule has 0 unspecified atom stereocenters. The number of nitrogens with one attached hydrogen (secondary N) is 2. The number of fused-ring (bicyclic) bond motifs is 2. The van der Waals surface area contributed by atoms with Crippen molar-refractivity contribution in [3.05, 3.63) is 36.0 Å². The summed E-state index contributed by atoms with van der Waals surface area (Å²) in [6.07, 6.45) is 2.77. The average molecular weight is 378 g/mol. The highest BCUT2D eigenvalue weighted by atomic mass is 16.5. The number of aromatic nitrogens is 3. The Morgan fingerprint density at radius 1 is 1.29 bits per heavy atom. The molecule has 144 valence electrons. The van der Waals surface area contributed by atoms with E-state index in [0.29, 0.717) is 12.4 Å². The molecule has 2 aromatic heterocycles. The molecule has 1 aromatic carbocycles. The van der Waals surface area contributed by atoms with E-state index in [0.717, 1.165) is 52.9 Å². The number of nitrogens with zero attached hydrogens (tertiary/aromatic N) is 4. The first-order chi connectivity index (χ1) is 13.6. The summed E-state index contributed by atoms with van der Waals surface area (Å²) in [7, 11) is 3.69. The highest BCUT2D eigenvalue weighted by Gasteiger charge is 2.33. The molecule has 2 aliphatic heterocycles. The Labute approximate surface area is 162 Å². The Hall–Kier alpha value is -3.13. The number of amides is 2. The maximum atomic E-state index is 12.6. The Kier molecular flexibility index (Phi) is 3.94. The molecule has 0 saturated carbocycles. The number of likely N-dealkylation sites (tertiary alicyclic amines) is 1. The number of pyridine rings is 1. The quantitative estimate of drug-likeness (QED) is 0.732. The number of urea groups is 1. The molecule has 2 aliphatic rings. The standard InChI is InChI=1S/C20H22N6O2/c1-25-6-5-14(11-25)26-10-13-7-15-17(8-16(13)22-20(26)27)23-24-19(15)12-3-4-18(28-2)21-9-12/h3-4,7-9,14H,5-6,10-11H2,1-2H3,(H,22,27)(H,23,24)/t14-/m0/s1. The van der Waals surface area contributed by atoms with Gasteiger partial charge in [0.05, 0.1) is 12.6 Å². The Bertz CT molecular complexity index is 1040. The zero-order valence-corrected chi connectivity index (χ0v) is 15.9. The minimum Gasteiger partial charge on any atom is -0.481 e. The normalized spacial score (nSPS) is 19.7. The maximum absolute atomic E-state index is 12.6. The molecule has 4 heterocycles. The van der Waals surface area contributed by atoms with Gasteiger partial charge in [-0.3, -0.25) is 5.10 Å². The second-order valence-corrected chi connectivity index (χ2v) is 7.48. The van der Waals surface area contributed by atoms with Crippen LogP contribution in [0.5, 0.6) is 5.88 Å². The lowest BCUT2D eigenvalue weighted by molar-refractivity contribution is 0.182. The van der Waals surface area contributed by atoms with Gasteiger partial charge in [-0.15, -0.1) is 0 Å². The van der Waals surface area contributed by atoms with E-state index in [2.05, 4.69) is 38.5 Å². The summed E-state index contributed by atoms with van der Waals surface area (Å²) in [6, 6.07) is 8.10. The molecule has 0 bridgehead atoms. The summed E-state index contributed by atoms with van der Waals surface area (Å²) in [4.78, 5) is 21.1. The number of methoxy groups -OCH3 is 1. The number of ether oxygens (including phenoxy) is 1. The second-order valence-electron chi connectivity index (χ2n) is 7.48. The molecular weight excluding hydrogens is 356 g/mol. The van der Waals surface area contributed by atoms with Crippen molar-refractivity contribution < 1.29 is 9.53 Å². The van der Waals surface area contributed by atoms with Gasteiger partial charge in [-0.05, 0) is 43.8 Å². The third kappa shape index (κ3) is 2.77. The maximum Gasteiger partial charge on any atom is 0.322 e. The van der Waals surface area contributed by atoms with E-state index >= 15 is 0 Å². The highest BCUT2D eigenvalue weighted by molar-refractivity contribution is 6.00. The van der Waals surface area contributed by atoms with Crippen molar-refractivity contribution in [3.8, 4) is 17.1 Å². The van der Waals surface area contributed by atoms with Crippen molar-refractivity contribution in [2.45, 2.75) is 19.0 Å². The van der Waals surface area contributed by atoms with Gasteiger partial charge >= 0.3 is 6.03 Å². The fraction of sp³-hybridized carbons (Fsp3) is 0.350. The van der Waals surface area contributed by atoms with Crippen molar-refractivity contribution in [2.24, 2.45) is 0 Å². The molecule has 5 rings (SSSR count). The largest absolute Gasteiger partial charge is 0.481 e. The number of aromatic amines is 1. The third-order valence-electron chi connectivity index (χ3n) is 5.66. The number of anilines is 1. The van der Waals surface area contributed by atoms with Gasteiger partial charge in [0.15, 0.2) is 0 Å². The van der Waals surface area contributed by atoms with Crippen molar-refractivity contribution in [1.82, 2.24) is 25.0 Å². The molecule has 2 amide bonds. The van der Waals surface area contributed by atoms with Crippen LogP contribution in [0.3, 0.4) is 0 Å². The third-order valence-corrected chi connectivity index (χ3v) is 5.66. The number of likely N-dealkylation sites (N-methyl/N-ethyl adjacent to an activating group) is 1. The Morgan fingerprint density at radius 3 is 2.89 bits per heavy atom. The van der Waals surface area contributed by atoms with Gasteiger partial charge < -0.3 is 19.9 Å². The molecule has 0 aliphatic carbocycles. The molecule has 1 atom stereocenters. The zero-order valence-electron chi connectivity index (χ0n) is 15.9. The second kappa shape index (κ2) is 6.49. The smallest absolute Gasteiger partial charge is 0.322 e. The van der Waals surface area contributed by atoms with Crippen LogP contribution in [0, 0.1) is 0 Å². The lowest BCUT2D eigenvalue weighted by Gasteiger charge is -2.34. The molecule has 3 aromatic rings. The van der Waals surface area contributed by atoms with E-state index in [1.807, 2.05) is 23.1 Å². The van der Waals surface area contributed by atoms with E-state index in [1.54, 1.807) is 13.3 Å². The van der Waals surface area contributed by atoms with E-state index in [-0.39, 0.29) is 12.1 Å². The average Bonchev–Trinajstić information content (AvgIpc) is 3.32. The molecule has 1 fully saturated rings. The van der Waals surface area contributed by atoms with E-state index in [4.69, 9.17) is 4.74 Å². The zero-order chi connectivity index (χ0) is 19.3. The summed E-state index contributed by atoms with van der Waals surface area (Å²) >= 11 is 0. The van der Waals surface area contributed by atoms with Gasteiger partial charge in [0, 0.05) is 48.0 Å². The molecule has 0 radical (unpaired) electrons. The number of rotatable bonds is 3. The van der Waals surface area contributed by atoms with Crippen molar-refractivity contribution in [2.75, 3.05) is 32.6 Å². The summed E-state index contributed by atoms with van der Waals surface area (Å²) in [5.41, 5.74) is 4.60. The predicted octanol–water partition coefficient (Wildman–Crippen LogP) is 2.69. The Balaban J connectivity index is 1.51. The van der Waals surface area contributed by atoms with E-state index in [9.17, 15) is 4.79 Å². The van der Waals surface area contributed by atoms with Crippen molar-refractivity contribution >= 4 is 22.6 Å². The van der Waals surface area contributed by atoms with Crippen LogP contribution in [0.15, 0.2) is 30.5 Å². The molecule has 8 nitrogen and oxygen atoms in total. The van der Waals surface area contributed by atoms with Gasteiger partial charge in [-0.25, -0.2) is 9.78 Å². The number of benzene rings is 1. The van der Waals surface area contributed by atoms with Crippen molar-refractivity contribution in [1.29, 1.82) is 0 Å². The monoisotopic (exact) mass is 378 g/mol. The van der Waals surface area contributed by atoms with E-state index in [1.165, 1.54) is 0 Å². The summed E-state index contributed by atoms with van der Waals surface area (Å²) < 4.78 is 5.14. The summed E-state index contributed by atoms with van der Waals surface area (Å²) in [5, 5.41) is 11.6. The van der Waals surface area contributed by atoms with Crippen LogP contribution in [-0.2, 0) is 6.54 Å². The van der Waals surface area contributed by atoms with Crippen LogP contribution in [0.4, 0.5) is 10.5 Å². The van der Waals surface area contributed by atoms with Crippen LogP contribution in [0.2, 0.25) is 0 Å². The minimum atomic E-state index is -0.0220. The Morgan fingerprint density at radius 2 is 2.18 bits per heavy atom. The summed E-state index contributed by atoms with van der Waals surface area (Å²) in [6.45, 7) is 2.55. The first kappa shape index (κ1) is 17.0. The number of carbonyl (C=O) groups is 1. The minimum absolute atomic E-state index is 0.0220. The molecule has 8 heteroatoms. The predicted molar refractivity (Wildman–Crippen MR) is 106 cm³/mol. The molecule has 1 saturated heterocycles. The lowest BCUT2D eigenvalue weighted by Crippen LogP contribution is -2.46. The van der Waals surface area contributed by atoms with Gasteiger partial charge in [-0.2, -0.15) is 5.10 Å². The molecule has 2 N–H and O–H groups in total. The topological polar surface area (TPSA) is 86.4 Å². The van der Waals surface area contributed by atoms with Crippen LogP contribution in [0.25, 0.3) is 22.2 Å². The van der Waals surface area contributed by atoms with Crippen molar-refractivity contribution in [3.63, 3.8) is 0 Å².